The Bertz CT molecular complexity index is 1070. The van der Waals surface area contributed by atoms with E-state index in [9.17, 15) is 14.9 Å². The Morgan fingerprint density at radius 3 is 2.68 bits per heavy atom. The summed E-state index contributed by atoms with van der Waals surface area (Å²) in [6.45, 7) is 6.89. The van der Waals surface area contributed by atoms with Crippen LogP contribution in [0.25, 0.3) is 10.2 Å². The number of morpholine rings is 1. The predicted molar refractivity (Wildman–Crippen MR) is 122 cm³/mol. The summed E-state index contributed by atoms with van der Waals surface area (Å²) in [5.74, 6) is -0.0838. The van der Waals surface area contributed by atoms with Gasteiger partial charge in [0.05, 0.1) is 39.6 Å². The largest absolute Gasteiger partial charge is 0.378 e. The molecule has 9 heteroatoms. The van der Waals surface area contributed by atoms with Crippen LogP contribution in [0.2, 0.25) is 0 Å². The molecule has 1 aliphatic heterocycles. The number of carbonyl (C=O) groups excluding carboxylic acids is 1. The molecular formula is C22H24N4O4S. The van der Waals surface area contributed by atoms with Gasteiger partial charge in [-0.15, -0.1) is 0 Å². The molecule has 1 aliphatic rings. The number of nitrogens with zero attached hydrogens (tertiary/aromatic N) is 4. The first-order chi connectivity index (χ1) is 14.9. The van der Waals surface area contributed by atoms with Crippen LogP contribution in [-0.2, 0) is 4.74 Å². The zero-order chi connectivity index (χ0) is 22.0. The fourth-order valence-electron chi connectivity index (χ4n) is 3.62. The normalized spacial score (nSPS) is 14.2. The predicted octanol–water partition coefficient (Wildman–Crippen LogP) is 4.34. The summed E-state index contributed by atoms with van der Waals surface area (Å²) in [5.41, 5.74) is 1.73. The molecule has 0 spiro atoms. The first kappa shape index (κ1) is 21.2. The van der Waals surface area contributed by atoms with Crippen LogP contribution in [0, 0.1) is 16.0 Å². The molecule has 1 aromatic heterocycles. The van der Waals surface area contributed by atoms with Crippen LogP contribution >= 0.6 is 11.3 Å². The summed E-state index contributed by atoms with van der Waals surface area (Å²) in [5, 5.41) is 12.0. The van der Waals surface area contributed by atoms with E-state index in [0.717, 1.165) is 10.2 Å². The van der Waals surface area contributed by atoms with Crippen LogP contribution < -0.4 is 9.80 Å². The van der Waals surface area contributed by atoms with Crippen molar-refractivity contribution in [3.8, 4) is 0 Å². The van der Waals surface area contributed by atoms with Gasteiger partial charge in [-0.05, 0) is 24.1 Å². The fraction of sp³-hybridized carbons (Fsp3) is 0.364. The number of benzene rings is 2. The summed E-state index contributed by atoms with van der Waals surface area (Å²) < 4.78 is 6.43. The van der Waals surface area contributed by atoms with Crippen LogP contribution in [0.3, 0.4) is 0 Å². The first-order valence-electron chi connectivity index (χ1n) is 10.2. The Morgan fingerprint density at radius 1 is 1.26 bits per heavy atom. The second-order valence-corrected chi connectivity index (χ2v) is 8.84. The molecule has 1 amide bonds. The molecule has 0 atom stereocenters. The van der Waals surface area contributed by atoms with Crippen molar-refractivity contribution < 1.29 is 14.5 Å². The standard InChI is InChI=1S/C22H24N4O4S/c1-15(2)14-25(22-23-18-5-3-4-6-20(18)31-22)21(27)17-13-16(26(28)29)7-8-19(17)24-9-11-30-12-10-24/h3-8,13,15H,9-12,14H2,1-2H3. The molecule has 0 unspecified atom stereocenters. The third-order valence-corrected chi connectivity index (χ3v) is 6.14. The molecule has 1 saturated heterocycles. The van der Waals surface area contributed by atoms with E-state index in [1.807, 2.05) is 43.0 Å². The molecule has 0 aliphatic carbocycles. The summed E-state index contributed by atoms with van der Waals surface area (Å²) >= 11 is 1.45. The number of nitro benzene ring substituents is 1. The zero-order valence-electron chi connectivity index (χ0n) is 17.5. The number of thiazole rings is 1. The van der Waals surface area contributed by atoms with Gasteiger partial charge in [-0.1, -0.05) is 37.3 Å². The number of hydrogen-bond acceptors (Lipinski definition) is 7. The van der Waals surface area contributed by atoms with Gasteiger partial charge >= 0.3 is 0 Å². The van der Waals surface area contributed by atoms with Gasteiger partial charge in [0, 0.05) is 31.8 Å². The number of nitro groups is 1. The number of rotatable bonds is 6. The van der Waals surface area contributed by atoms with E-state index in [2.05, 4.69) is 4.98 Å². The maximum Gasteiger partial charge on any atom is 0.270 e. The molecule has 0 saturated carbocycles. The third kappa shape index (κ3) is 4.52. The van der Waals surface area contributed by atoms with Crippen molar-refractivity contribution in [2.75, 3.05) is 42.6 Å². The lowest BCUT2D eigenvalue weighted by atomic mass is 10.1. The van der Waals surface area contributed by atoms with E-state index >= 15 is 0 Å². The molecule has 162 valence electrons. The van der Waals surface area contributed by atoms with Crippen LogP contribution in [0.5, 0.6) is 0 Å². The van der Waals surface area contributed by atoms with Crippen molar-refractivity contribution >= 4 is 44.0 Å². The van der Waals surface area contributed by atoms with Crippen molar-refractivity contribution in [2.45, 2.75) is 13.8 Å². The van der Waals surface area contributed by atoms with Crippen molar-refractivity contribution in [3.63, 3.8) is 0 Å². The fourth-order valence-corrected chi connectivity index (χ4v) is 4.60. The molecular weight excluding hydrogens is 416 g/mol. The number of fused-ring (bicyclic) bond motifs is 1. The number of para-hydroxylation sites is 1. The lowest BCUT2D eigenvalue weighted by Gasteiger charge is -2.31. The van der Waals surface area contributed by atoms with Gasteiger partial charge in [0.2, 0.25) is 0 Å². The second kappa shape index (κ2) is 8.99. The lowest BCUT2D eigenvalue weighted by molar-refractivity contribution is -0.384. The molecule has 4 rings (SSSR count). The van der Waals surface area contributed by atoms with E-state index < -0.39 is 4.92 Å². The molecule has 3 aromatic rings. The average molecular weight is 441 g/mol. The monoisotopic (exact) mass is 440 g/mol. The smallest absolute Gasteiger partial charge is 0.270 e. The topological polar surface area (TPSA) is 88.8 Å². The zero-order valence-corrected chi connectivity index (χ0v) is 18.3. The third-order valence-electron chi connectivity index (χ3n) is 5.08. The van der Waals surface area contributed by atoms with E-state index in [1.54, 1.807) is 11.0 Å². The highest BCUT2D eigenvalue weighted by atomic mass is 32.1. The van der Waals surface area contributed by atoms with Crippen molar-refractivity contribution in [1.82, 2.24) is 4.98 Å². The van der Waals surface area contributed by atoms with Gasteiger partial charge < -0.3 is 9.64 Å². The van der Waals surface area contributed by atoms with E-state index in [0.29, 0.717) is 49.2 Å². The summed E-state index contributed by atoms with van der Waals surface area (Å²) in [7, 11) is 0. The minimum atomic E-state index is -0.468. The number of non-ortho nitro benzene ring substituents is 1. The summed E-state index contributed by atoms with van der Waals surface area (Å²) in [4.78, 5) is 33.1. The number of hydrogen-bond donors (Lipinski definition) is 0. The Kier molecular flexibility index (Phi) is 6.15. The molecule has 0 N–H and O–H groups in total. The van der Waals surface area contributed by atoms with E-state index in [4.69, 9.17) is 4.74 Å². The average Bonchev–Trinajstić information content (AvgIpc) is 3.21. The Balaban J connectivity index is 1.79. The molecule has 2 heterocycles. The quantitative estimate of drug-likeness (QED) is 0.418. The van der Waals surface area contributed by atoms with Gasteiger partial charge in [0.1, 0.15) is 0 Å². The molecule has 1 fully saturated rings. The van der Waals surface area contributed by atoms with Gasteiger partial charge in [-0.2, -0.15) is 0 Å². The molecule has 31 heavy (non-hydrogen) atoms. The van der Waals surface area contributed by atoms with Gasteiger partial charge in [0.25, 0.3) is 11.6 Å². The van der Waals surface area contributed by atoms with Crippen molar-refractivity contribution in [3.05, 3.63) is 58.1 Å². The second-order valence-electron chi connectivity index (χ2n) is 7.83. The SMILES string of the molecule is CC(C)CN(C(=O)c1cc([N+](=O)[O-])ccc1N1CCOCC1)c1nc2ccccc2s1. The molecule has 0 radical (unpaired) electrons. The first-order valence-corrected chi connectivity index (χ1v) is 11.0. The summed E-state index contributed by atoms with van der Waals surface area (Å²) in [6.07, 6.45) is 0. The molecule has 0 bridgehead atoms. The number of aromatic nitrogens is 1. The summed E-state index contributed by atoms with van der Waals surface area (Å²) in [6, 6.07) is 12.2. The highest BCUT2D eigenvalue weighted by Gasteiger charge is 2.28. The maximum atomic E-state index is 13.8. The maximum absolute atomic E-state index is 13.8. The highest BCUT2D eigenvalue weighted by Crippen LogP contribution is 2.33. The van der Waals surface area contributed by atoms with Gasteiger partial charge in [-0.3, -0.25) is 19.8 Å². The molecule has 2 aromatic carbocycles. The number of carbonyl (C=O) groups is 1. The van der Waals surface area contributed by atoms with Crippen molar-refractivity contribution in [1.29, 1.82) is 0 Å². The Labute approximate surface area is 184 Å². The Hall–Kier alpha value is -3.04. The number of amides is 1. The van der Waals surface area contributed by atoms with Crippen LogP contribution in [0.1, 0.15) is 24.2 Å². The highest BCUT2D eigenvalue weighted by molar-refractivity contribution is 7.22. The van der Waals surface area contributed by atoms with Gasteiger partial charge in [0.15, 0.2) is 5.13 Å². The lowest BCUT2D eigenvalue weighted by Crippen LogP contribution is -2.39. The van der Waals surface area contributed by atoms with Crippen LogP contribution in [-0.4, -0.2) is 48.7 Å². The minimum Gasteiger partial charge on any atom is -0.378 e. The van der Waals surface area contributed by atoms with E-state index in [1.165, 1.54) is 23.5 Å². The minimum absolute atomic E-state index is 0.103. The number of ether oxygens (including phenoxy) is 1. The van der Waals surface area contributed by atoms with Crippen molar-refractivity contribution in [2.24, 2.45) is 5.92 Å². The van der Waals surface area contributed by atoms with Crippen LogP contribution in [0.15, 0.2) is 42.5 Å². The van der Waals surface area contributed by atoms with E-state index in [-0.39, 0.29) is 17.5 Å². The van der Waals surface area contributed by atoms with Gasteiger partial charge in [-0.25, -0.2) is 4.98 Å². The Morgan fingerprint density at radius 2 is 2.00 bits per heavy atom. The molecule has 8 nitrogen and oxygen atoms in total. The number of anilines is 2. The van der Waals surface area contributed by atoms with Crippen LogP contribution in [0.4, 0.5) is 16.5 Å².